The van der Waals surface area contributed by atoms with Crippen molar-refractivity contribution in [1.29, 1.82) is 0 Å². The van der Waals surface area contributed by atoms with Gasteiger partial charge in [-0.2, -0.15) is 0 Å². The molecule has 0 spiro atoms. The number of anilines is 1. The Balaban J connectivity index is 1.46. The number of hydrogen-bond donors (Lipinski definition) is 1. The average Bonchev–Trinajstić information content (AvgIpc) is 3.04. The lowest BCUT2D eigenvalue weighted by molar-refractivity contribution is 0.244. The monoisotopic (exact) mass is 428 g/mol. The highest BCUT2D eigenvalue weighted by molar-refractivity contribution is 7.18. The van der Waals surface area contributed by atoms with Gasteiger partial charge in [0.2, 0.25) is 0 Å². The Labute approximate surface area is 180 Å². The third kappa shape index (κ3) is 4.42. The van der Waals surface area contributed by atoms with Gasteiger partial charge < -0.3 is 9.88 Å². The van der Waals surface area contributed by atoms with Gasteiger partial charge in [-0.05, 0) is 49.1 Å². The molecule has 0 bridgehead atoms. The number of fused-ring (bicyclic) bond motifs is 1. The first-order valence-corrected chi connectivity index (χ1v) is 11.5. The minimum atomic E-state index is -0.209. The molecule has 2 aromatic heterocycles. The topological polar surface area (TPSA) is 52.2 Å². The van der Waals surface area contributed by atoms with Gasteiger partial charge in [-0.15, -0.1) is 11.3 Å². The van der Waals surface area contributed by atoms with Gasteiger partial charge in [0.15, 0.2) is 0 Å². The van der Waals surface area contributed by atoms with E-state index >= 15 is 0 Å². The number of benzene rings is 1. The van der Waals surface area contributed by atoms with Crippen LogP contribution >= 0.6 is 11.3 Å². The predicted molar refractivity (Wildman–Crippen MR) is 122 cm³/mol. The fourth-order valence-electron chi connectivity index (χ4n) is 4.06. The lowest BCUT2D eigenvalue weighted by Gasteiger charge is -2.35. The number of aromatic nitrogens is 2. The zero-order chi connectivity index (χ0) is 21.3. The molecule has 4 rings (SSSR count). The summed E-state index contributed by atoms with van der Waals surface area (Å²) in [5.74, 6) is 1.08. The molecule has 5 nitrogen and oxygen atoms in total. The summed E-state index contributed by atoms with van der Waals surface area (Å²) in [5, 5.41) is 0.780. The second-order valence-electron chi connectivity index (χ2n) is 8.29. The highest BCUT2D eigenvalue weighted by atomic mass is 32.1. The van der Waals surface area contributed by atoms with E-state index in [1.165, 1.54) is 17.0 Å². The van der Waals surface area contributed by atoms with Crippen molar-refractivity contribution < 1.29 is 4.39 Å². The van der Waals surface area contributed by atoms with Crippen LogP contribution in [0.2, 0.25) is 0 Å². The third-order valence-electron chi connectivity index (χ3n) is 6.10. The van der Waals surface area contributed by atoms with E-state index in [4.69, 9.17) is 4.98 Å². The predicted octanol–water partition coefficient (Wildman–Crippen LogP) is 4.34. The number of H-pyrrole nitrogens is 1. The SMILES string of the molecule is CC[C@@H](C)Cc1c(C)sc2nc(CN3CCN(c4ccc(F)cc4)CC3)[nH]c(=O)c12. The Hall–Kier alpha value is -2.25. The van der Waals surface area contributed by atoms with E-state index in [1.807, 2.05) is 12.1 Å². The molecule has 0 radical (unpaired) electrons. The summed E-state index contributed by atoms with van der Waals surface area (Å²) in [5.41, 5.74) is 2.20. The molecule has 3 heterocycles. The van der Waals surface area contributed by atoms with Crippen molar-refractivity contribution in [3.63, 3.8) is 0 Å². The van der Waals surface area contributed by atoms with E-state index < -0.39 is 0 Å². The zero-order valence-electron chi connectivity index (χ0n) is 17.9. The maximum absolute atomic E-state index is 13.1. The molecule has 1 N–H and O–H groups in total. The minimum absolute atomic E-state index is 0.0115. The van der Waals surface area contributed by atoms with Crippen molar-refractivity contribution in [2.75, 3.05) is 31.1 Å². The summed E-state index contributed by atoms with van der Waals surface area (Å²) in [6.07, 6.45) is 2.03. The Morgan fingerprint density at radius 3 is 2.57 bits per heavy atom. The molecule has 1 aliphatic heterocycles. The molecule has 0 saturated carbocycles. The second kappa shape index (κ2) is 8.86. The average molecular weight is 429 g/mol. The Kier molecular flexibility index (Phi) is 6.20. The maximum Gasteiger partial charge on any atom is 0.259 e. The molecule has 3 aromatic rings. The first kappa shape index (κ1) is 21.0. The number of hydrogen-bond acceptors (Lipinski definition) is 5. The summed E-state index contributed by atoms with van der Waals surface area (Å²) in [4.78, 5) is 27.3. The van der Waals surface area contributed by atoms with E-state index in [2.05, 4.69) is 35.6 Å². The molecule has 1 saturated heterocycles. The molecule has 1 aromatic carbocycles. The van der Waals surface area contributed by atoms with E-state index in [1.54, 1.807) is 11.3 Å². The van der Waals surface area contributed by atoms with Crippen LogP contribution in [-0.4, -0.2) is 41.0 Å². The van der Waals surface area contributed by atoms with Crippen LogP contribution in [0.3, 0.4) is 0 Å². The van der Waals surface area contributed by atoms with Crippen LogP contribution in [0.15, 0.2) is 29.1 Å². The van der Waals surface area contributed by atoms with Gasteiger partial charge in [0.25, 0.3) is 5.56 Å². The van der Waals surface area contributed by atoms with Crippen LogP contribution in [0.4, 0.5) is 10.1 Å². The van der Waals surface area contributed by atoms with Crippen LogP contribution in [0.25, 0.3) is 10.2 Å². The van der Waals surface area contributed by atoms with Crippen LogP contribution in [0.5, 0.6) is 0 Å². The number of aryl methyl sites for hydroxylation is 1. The fourth-order valence-corrected chi connectivity index (χ4v) is 5.13. The van der Waals surface area contributed by atoms with Crippen molar-refractivity contribution in [3.8, 4) is 0 Å². The van der Waals surface area contributed by atoms with Crippen molar-refractivity contribution in [2.24, 2.45) is 5.92 Å². The molecular formula is C23H29FN4OS. The minimum Gasteiger partial charge on any atom is -0.369 e. The summed E-state index contributed by atoms with van der Waals surface area (Å²) >= 11 is 1.63. The van der Waals surface area contributed by atoms with Crippen LogP contribution < -0.4 is 10.5 Å². The van der Waals surface area contributed by atoms with Gasteiger partial charge in [0.05, 0.1) is 11.9 Å². The van der Waals surface area contributed by atoms with E-state index in [0.717, 1.165) is 66.3 Å². The molecule has 1 fully saturated rings. The van der Waals surface area contributed by atoms with Crippen LogP contribution in [0, 0.1) is 18.7 Å². The Morgan fingerprint density at radius 2 is 1.90 bits per heavy atom. The fraction of sp³-hybridized carbons (Fsp3) is 0.478. The highest BCUT2D eigenvalue weighted by Gasteiger charge is 2.20. The molecular weight excluding hydrogens is 399 g/mol. The number of rotatable bonds is 6. The van der Waals surface area contributed by atoms with Gasteiger partial charge in [-0.3, -0.25) is 9.69 Å². The normalized spacial score (nSPS) is 16.3. The van der Waals surface area contributed by atoms with Gasteiger partial charge in [-0.25, -0.2) is 9.37 Å². The summed E-state index contributed by atoms with van der Waals surface area (Å²) in [7, 11) is 0. The molecule has 7 heteroatoms. The lowest BCUT2D eigenvalue weighted by Crippen LogP contribution is -2.46. The molecule has 0 aliphatic carbocycles. The molecule has 0 unspecified atom stereocenters. The zero-order valence-corrected chi connectivity index (χ0v) is 18.7. The largest absolute Gasteiger partial charge is 0.369 e. The smallest absolute Gasteiger partial charge is 0.259 e. The van der Waals surface area contributed by atoms with Crippen molar-refractivity contribution >= 4 is 27.2 Å². The first-order chi connectivity index (χ1) is 14.4. The van der Waals surface area contributed by atoms with Crippen molar-refractivity contribution in [3.05, 3.63) is 56.7 Å². The summed E-state index contributed by atoms with van der Waals surface area (Å²) in [6.45, 7) is 10.6. The molecule has 1 atom stereocenters. The quantitative estimate of drug-likeness (QED) is 0.634. The number of nitrogens with one attached hydrogen (secondary N) is 1. The molecule has 160 valence electrons. The van der Waals surface area contributed by atoms with Crippen molar-refractivity contribution in [2.45, 2.75) is 40.2 Å². The van der Waals surface area contributed by atoms with E-state index in [0.29, 0.717) is 12.5 Å². The third-order valence-corrected chi connectivity index (χ3v) is 7.14. The summed E-state index contributed by atoms with van der Waals surface area (Å²) in [6, 6.07) is 6.66. The van der Waals surface area contributed by atoms with Gasteiger partial charge >= 0.3 is 0 Å². The van der Waals surface area contributed by atoms with Gasteiger partial charge in [-0.1, -0.05) is 20.3 Å². The van der Waals surface area contributed by atoms with Crippen LogP contribution in [0.1, 0.15) is 36.5 Å². The van der Waals surface area contributed by atoms with Gasteiger partial charge in [0, 0.05) is 36.7 Å². The first-order valence-electron chi connectivity index (χ1n) is 10.7. The van der Waals surface area contributed by atoms with Crippen LogP contribution in [-0.2, 0) is 13.0 Å². The number of piperazine rings is 1. The lowest BCUT2D eigenvalue weighted by atomic mass is 9.98. The molecule has 30 heavy (non-hydrogen) atoms. The molecule has 0 amide bonds. The maximum atomic E-state index is 13.1. The standard InChI is InChI=1S/C23H29FN4OS/c1-4-15(2)13-19-16(3)30-23-21(19)22(29)25-20(26-23)14-27-9-11-28(12-10-27)18-7-5-17(24)6-8-18/h5-8,15H,4,9-14H2,1-3H3,(H,25,26,29)/t15-/m1/s1. The number of halogens is 1. The Morgan fingerprint density at radius 1 is 1.20 bits per heavy atom. The summed E-state index contributed by atoms with van der Waals surface area (Å²) < 4.78 is 13.1. The second-order valence-corrected chi connectivity index (χ2v) is 9.49. The Bertz CT molecular complexity index is 1070. The number of nitrogens with zero attached hydrogens (tertiary/aromatic N) is 3. The van der Waals surface area contributed by atoms with E-state index in [-0.39, 0.29) is 11.4 Å². The number of aromatic amines is 1. The van der Waals surface area contributed by atoms with Gasteiger partial charge in [0.1, 0.15) is 16.5 Å². The molecule has 1 aliphatic rings. The van der Waals surface area contributed by atoms with E-state index in [9.17, 15) is 9.18 Å². The highest BCUT2D eigenvalue weighted by Crippen LogP contribution is 2.29. The van der Waals surface area contributed by atoms with Crippen molar-refractivity contribution in [1.82, 2.24) is 14.9 Å². The number of thiophene rings is 1.